The fourth-order valence-electron chi connectivity index (χ4n) is 3.24. The lowest BCUT2D eigenvalue weighted by molar-refractivity contribution is 0.305. The van der Waals surface area contributed by atoms with Gasteiger partial charge in [-0.05, 0) is 71.5 Å². The molecule has 0 amide bonds. The van der Waals surface area contributed by atoms with E-state index in [9.17, 15) is 8.78 Å². The minimum atomic E-state index is -0.912. The third-order valence-corrected chi connectivity index (χ3v) is 4.97. The summed E-state index contributed by atoms with van der Waals surface area (Å²) in [6.07, 6.45) is 7.48. The molecule has 0 N–H and O–H groups in total. The maximum absolute atomic E-state index is 13.2. The van der Waals surface area contributed by atoms with E-state index in [-0.39, 0.29) is 0 Å². The van der Waals surface area contributed by atoms with E-state index in [0.717, 1.165) is 47.2 Å². The molecule has 0 aliphatic rings. The molecule has 1 nitrogen and oxygen atoms in total. The van der Waals surface area contributed by atoms with Crippen molar-refractivity contribution < 1.29 is 13.5 Å². The Morgan fingerprint density at radius 2 is 1.32 bits per heavy atom. The monoisotopic (exact) mass is 416 g/mol. The number of unbranched alkanes of at least 4 members (excludes halogenated alkanes) is 5. The van der Waals surface area contributed by atoms with E-state index in [1.807, 2.05) is 36.4 Å². The van der Waals surface area contributed by atoms with Crippen LogP contribution in [-0.4, -0.2) is 6.61 Å². The van der Waals surface area contributed by atoms with Gasteiger partial charge in [0.2, 0.25) is 0 Å². The van der Waals surface area contributed by atoms with Crippen LogP contribution >= 0.6 is 0 Å². The zero-order valence-corrected chi connectivity index (χ0v) is 17.8. The van der Waals surface area contributed by atoms with Gasteiger partial charge in [0.15, 0.2) is 11.6 Å². The first-order chi connectivity index (χ1) is 15.2. The Kier molecular flexibility index (Phi) is 8.50. The van der Waals surface area contributed by atoms with Crippen molar-refractivity contribution >= 4 is 10.8 Å². The third kappa shape index (κ3) is 7.16. The maximum Gasteiger partial charge on any atom is 0.160 e. The van der Waals surface area contributed by atoms with Gasteiger partial charge in [-0.2, -0.15) is 0 Å². The lowest BCUT2D eigenvalue weighted by atomic mass is 10.1. The number of halogens is 2. The highest BCUT2D eigenvalue weighted by Gasteiger charge is 2.00. The number of hydrogen-bond donors (Lipinski definition) is 0. The zero-order valence-electron chi connectivity index (χ0n) is 17.8. The molecule has 0 saturated carbocycles. The fourth-order valence-corrected chi connectivity index (χ4v) is 3.24. The second-order valence-corrected chi connectivity index (χ2v) is 7.47. The Labute approximate surface area is 183 Å². The van der Waals surface area contributed by atoms with Gasteiger partial charge in [0.1, 0.15) is 5.75 Å². The van der Waals surface area contributed by atoms with E-state index in [0.29, 0.717) is 5.56 Å². The minimum Gasteiger partial charge on any atom is -0.494 e. The summed E-state index contributed by atoms with van der Waals surface area (Å²) in [5.41, 5.74) is 1.23. The van der Waals surface area contributed by atoms with Crippen LogP contribution in [0.2, 0.25) is 0 Å². The van der Waals surface area contributed by atoms with Crippen molar-refractivity contribution in [3.05, 3.63) is 77.4 Å². The Hall–Kier alpha value is -3.30. The van der Waals surface area contributed by atoms with E-state index in [1.54, 1.807) is 0 Å². The lowest BCUT2D eigenvalue weighted by Crippen LogP contribution is -1.97. The molecule has 3 aromatic rings. The fraction of sp³-hybridized carbons (Fsp3) is 0.286. The van der Waals surface area contributed by atoms with Crippen LogP contribution in [-0.2, 0) is 0 Å². The number of hydrogen-bond acceptors (Lipinski definition) is 1. The average Bonchev–Trinajstić information content (AvgIpc) is 2.78. The first-order valence-corrected chi connectivity index (χ1v) is 10.8. The molecule has 0 bridgehead atoms. The van der Waals surface area contributed by atoms with Gasteiger partial charge in [-0.15, -0.1) is 0 Å². The van der Waals surface area contributed by atoms with Crippen LogP contribution in [0.3, 0.4) is 0 Å². The normalized spacial score (nSPS) is 10.2. The van der Waals surface area contributed by atoms with Crippen LogP contribution in [0.15, 0.2) is 54.6 Å². The molecule has 0 heterocycles. The molecule has 0 saturated heterocycles. The highest BCUT2D eigenvalue weighted by Crippen LogP contribution is 2.22. The van der Waals surface area contributed by atoms with E-state index in [4.69, 9.17) is 4.74 Å². The van der Waals surface area contributed by atoms with Crippen molar-refractivity contribution in [3.63, 3.8) is 0 Å². The van der Waals surface area contributed by atoms with Crippen molar-refractivity contribution in [1.29, 1.82) is 0 Å². The molecule has 0 aliphatic heterocycles. The molecule has 0 fully saturated rings. The van der Waals surface area contributed by atoms with Crippen LogP contribution < -0.4 is 4.74 Å². The quantitative estimate of drug-likeness (QED) is 0.277. The van der Waals surface area contributed by atoms with Crippen molar-refractivity contribution in [2.45, 2.75) is 45.4 Å². The molecule has 0 unspecified atom stereocenters. The van der Waals surface area contributed by atoms with Gasteiger partial charge in [0, 0.05) is 11.1 Å². The van der Waals surface area contributed by atoms with E-state index in [2.05, 4.69) is 30.6 Å². The molecule has 3 aromatic carbocycles. The van der Waals surface area contributed by atoms with Gasteiger partial charge < -0.3 is 4.74 Å². The topological polar surface area (TPSA) is 9.23 Å². The molecule has 0 atom stereocenters. The minimum absolute atomic E-state index is 0.389. The van der Waals surface area contributed by atoms with Crippen LogP contribution in [0.5, 0.6) is 5.75 Å². The Balaban J connectivity index is 1.56. The summed E-state index contributed by atoms with van der Waals surface area (Å²) in [4.78, 5) is 0. The third-order valence-electron chi connectivity index (χ3n) is 4.97. The first kappa shape index (κ1) is 22.4. The predicted molar refractivity (Wildman–Crippen MR) is 123 cm³/mol. The van der Waals surface area contributed by atoms with Crippen molar-refractivity contribution in [1.82, 2.24) is 0 Å². The summed E-state index contributed by atoms with van der Waals surface area (Å²) in [6, 6.07) is 15.6. The summed E-state index contributed by atoms with van der Waals surface area (Å²) in [6.45, 7) is 2.98. The summed E-state index contributed by atoms with van der Waals surface area (Å²) < 4.78 is 32.0. The van der Waals surface area contributed by atoms with E-state index in [1.165, 1.54) is 38.2 Å². The number of fused-ring (bicyclic) bond motifs is 1. The van der Waals surface area contributed by atoms with E-state index >= 15 is 0 Å². The van der Waals surface area contributed by atoms with Gasteiger partial charge in [-0.25, -0.2) is 8.78 Å². The average molecular weight is 417 g/mol. The highest BCUT2D eigenvalue weighted by molar-refractivity contribution is 5.85. The van der Waals surface area contributed by atoms with Gasteiger partial charge in [-0.1, -0.05) is 63.0 Å². The Morgan fingerprint density at radius 1 is 0.677 bits per heavy atom. The van der Waals surface area contributed by atoms with Crippen LogP contribution in [0.25, 0.3) is 10.8 Å². The SMILES string of the molecule is CCCCCCCCOc1ccc2cc(C#CC#Cc3ccc(F)c(F)c3)ccc2c1. The largest absolute Gasteiger partial charge is 0.494 e. The number of rotatable bonds is 8. The maximum atomic E-state index is 13.2. The lowest BCUT2D eigenvalue weighted by Gasteiger charge is -2.07. The Bertz CT molecular complexity index is 1140. The molecular weight excluding hydrogens is 390 g/mol. The summed E-state index contributed by atoms with van der Waals surface area (Å²) in [5.74, 6) is 10.2. The second-order valence-electron chi connectivity index (χ2n) is 7.47. The molecule has 0 radical (unpaired) electrons. The molecule has 0 aliphatic carbocycles. The molecule has 0 spiro atoms. The molecule has 31 heavy (non-hydrogen) atoms. The molecule has 3 rings (SSSR count). The van der Waals surface area contributed by atoms with Gasteiger partial charge in [0.05, 0.1) is 6.61 Å². The first-order valence-electron chi connectivity index (χ1n) is 10.8. The summed E-state index contributed by atoms with van der Waals surface area (Å²) in [5, 5.41) is 2.17. The van der Waals surface area contributed by atoms with Gasteiger partial charge in [-0.3, -0.25) is 0 Å². The molecule has 3 heteroatoms. The van der Waals surface area contributed by atoms with Crippen molar-refractivity contribution in [2.75, 3.05) is 6.61 Å². The van der Waals surface area contributed by atoms with Gasteiger partial charge >= 0.3 is 0 Å². The molecule has 158 valence electrons. The second kappa shape index (κ2) is 11.8. The van der Waals surface area contributed by atoms with E-state index < -0.39 is 11.6 Å². The number of ether oxygens (including phenoxy) is 1. The van der Waals surface area contributed by atoms with Crippen LogP contribution in [0.1, 0.15) is 56.6 Å². The zero-order chi connectivity index (χ0) is 21.9. The summed E-state index contributed by atoms with van der Waals surface area (Å²) in [7, 11) is 0. The predicted octanol–water partition coefficient (Wildman–Crippen LogP) is 7.26. The van der Waals surface area contributed by atoms with Crippen LogP contribution in [0, 0.1) is 35.3 Å². The smallest absolute Gasteiger partial charge is 0.160 e. The van der Waals surface area contributed by atoms with Crippen LogP contribution in [0.4, 0.5) is 8.78 Å². The van der Waals surface area contributed by atoms with Gasteiger partial charge in [0.25, 0.3) is 0 Å². The molecule has 0 aromatic heterocycles. The standard InChI is InChI=1S/C28H26F2O/c1-2-3-4-5-6-9-18-31-26-16-15-24-19-22(12-14-25(24)21-26)10-7-8-11-23-13-17-27(29)28(30)20-23/h12-17,19-21H,2-6,9,18H2,1H3. The Morgan fingerprint density at radius 3 is 2.10 bits per heavy atom. The number of benzene rings is 3. The van der Waals surface area contributed by atoms with Crippen molar-refractivity contribution in [3.8, 4) is 29.4 Å². The molecular formula is C28H26F2O. The van der Waals surface area contributed by atoms with Crippen molar-refractivity contribution in [2.24, 2.45) is 0 Å². The highest BCUT2D eigenvalue weighted by atomic mass is 19.2. The summed E-state index contributed by atoms with van der Waals surface area (Å²) >= 11 is 0.